The zero-order valence-electron chi connectivity index (χ0n) is 13.5. The predicted molar refractivity (Wildman–Crippen MR) is 90.6 cm³/mol. The van der Waals surface area contributed by atoms with E-state index < -0.39 is 0 Å². The molecule has 120 valence electrons. The first-order valence-corrected chi connectivity index (χ1v) is 8.37. The van der Waals surface area contributed by atoms with E-state index in [1.165, 1.54) is 11.3 Å². The summed E-state index contributed by atoms with van der Waals surface area (Å²) in [6, 6.07) is 8.55. The van der Waals surface area contributed by atoms with Crippen LogP contribution in [0.4, 0.5) is 11.6 Å². The van der Waals surface area contributed by atoms with Crippen LogP contribution in [0.2, 0.25) is 0 Å². The smallest absolute Gasteiger partial charge is 0.233 e. The van der Waals surface area contributed by atoms with Crippen LogP contribution in [0.15, 0.2) is 24.3 Å². The van der Waals surface area contributed by atoms with Gasteiger partial charge in [-0.15, -0.1) is 0 Å². The molecule has 2 aliphatic rings. The number of hydrogen-bond acceptors (Lipinski definition) is 5. The van der Waals surface area contributed by atoms with E-state index in [4.69, 9.17) is 14.7 Å². The molecule has 2 aromatic rings. The molecule has 0 saturated heterocycles. The fourth-order valence-electron chi connectivity index (χ4n) is 3.53. The summed E-state index contributed by atoms with van der Waals surface area (Å²) in [5, 5.41) is 3.42. The zero-order chi connectivity index (χ0) is 15.6. The van der Waals surface area contributed by atoms with Crippen molar-refractivity contribution in [1.82, 2.24) is 15.3 Å². The van der Waals surface area contributed by atoms with Crippen molar-refractivity contribution in [3.8, 4) is 5.88 Å². The Labute approximate surface area is 136 Å². The Hall–Kier alpha value is -2.14. The molecule has 2 aliphatic heterocycles. The molecule has 5 heteroatoms. The van der Waals surface area contributed by atoms with Crippen molar-refractivity contribution in [2.45, 2.75) is 25.7 Å². The number of hydrogen-bond donors (Lipinski definition) is 1. The minimum absolute atomic E-state index is 0.733. The quantitative estimate of drug-likeness (QED) is 0.922. The van der Waals surface area contributed by atoms with Crippen molar-refractivity contribution in [3.63, 3.8) is 0 Å². The molecular formula is C18H22N4O. The summed E-state index contributed by atoms with van der Waals surface area (Å²) in [6.45, 7) is 2.87. The highest BCUT2D eigenvalue weighted by molar-refractivity contribution is 5.64. The van der Waals surface area contributed by atoms with E-state index in [0.717, 1.165) is 68.4 Å². The third kappa shape index (κ3) is 2.65. The zero-order valence-corrected chi connectivity index (χ0v) is 13.5. The van der Waals surface area contributed by atoms with Crippen molar-refractivity contribution < 1.29 is 4.74 Å². The number of rotatable bonds is 2. The number of para-hydroxylation sites is 1. The highest BCUT2D eigenvalue weighted by Crippen LogP contribution is 2.33. The standard InChI is InChI=1S/C18H22N4O/c1-23-17-14-8-10-19-11-9-15(14)20-18(21-17)22-12-4-6-13-5-2-3-7-16(13)22/h2-3,5,7,19H,4,6,8-12H2,1H3. The first-order chi connectivity index (χ1) is 11.4. The van der Waals surface area contributed by atoms with Gasteiger partial charge in [-0.25, -0.2) is 4.98 Å². The number of methoxy groups -OCH3 is 1. The highest BCUT2D eigenvalue weighted by Gasteiger charge is 2.24. The number of anilines is 2. The van der Waals surface area contributed by atoms with Gasteiger partial charge in [0.25, 0.3) is 0 Å². The molecule has 1 N–H and O–H groups in total. The first-order valence-electron chi connectivity index (χ1n) is 8.37. The summed E-state index contributed by atoms with van der Waals surface area (Å²) in [6.07, 6.45) is 4.10. The molecule has 0 spiro atoms. The lowest BCUT2D eigenvalue weighted by Crippen LogP contribution is -2.27. The second-order valence-corrected chi connectivity index (χ2v) is 6.09. The minimum Gasteiger partial charge on any atom is -0.481 e. The molecule has 1 aromatic heterocycles. The third-order valence-electron chi connectivity index (χ3n) is 4.68. The van der Waals surface area contributed by atoms with Crippen LogP contribution in [0, 0.1) is 0 Å². The Morgan fingerprint density at radius 2 is 1.96 bits per heavy atom. The van der Waals surface area contributed by atoms with Gasteiger partial charge in [0.2, 0.25) is 11.8 Å². The van der Waals surface area contributed by atoms with Crippen LogP contribution in [-0.4, -0.2) is 36.7 Å². The number of nitrogens with one attached hydrogen (secondary N) is 1. The van der Waals surface area contributed by atoms with Crippen LogP contribution in [0.5, 0.6) is 5.88 Å². The van der Waals surface area contributed by atoms with Gasteiger partial charge in [0, 0.05) is 30.8 Å². The predicted octanol–water partition coefficient (Wildman–Crippen LogP) is 2.26. The largest absolute Gasteiger partial charge is 0.481 e. The molecule has 0 fully saturated rings. The number of aryl methyl sites for hydroxylation is 1. The third-order valence-corrected chi connectivity index (χ3v) is 4.68. The highest BCUT2D eigenvalue weighted by atomic mass is 16.5. The maximum Gasteiger partial charge on any atom is 0.233 e. The molecule has 0 amide bonds. The molecule has 0 atom stereocenters. The average molecular weight is 310 g/mol. The molecule has 0 saturated carbocycles. The summed E-state index contributed by atoms with van der Waals surface area (Å²) in [5.41, 5.74) is 4.89. The van der Waals surface area contributed by atoms with Crippen LogP contribution in [0.1, 0.15) is 23.2 Å². The fourth-order valence-corrected chi connectivity index (χ4v) is 3.53. The van der Waals surface area contributed by atoms with E-state index in [-0.39, 0.29) is 0 Å². The van der Waals surface area contributed by atoms with E-state index in [9.17, 15) is 0 Å². The number of benzene rings is 1. The fraction of sp³-hybridized carbons (Fsp3) is 0.444. The van der Waals surface area contributed by atoms with Crippen LogP contribution in [0.3, 0.4) is 0 Å². The Balaban J connectivity index is 1.80. The minimum atomic E-state index is 0.733. The second-order valence-electron chi connectivity index (χ2n) is 6.09. The van der Waals surface area contributed by atoms with Gasteiger partial charge in [-0.2, -0.15) is 4.98 Å². The average Bonchev–Trinajstić information content (AvgIpc) is 2.85. The van der Waals surface area contributed by atoms with Crippen molar-refractivity contribution >= 4 is 11.6 Å². The summed E-state index contributed by atoms with van der Waals surface area (Å²) in [4.78, 5) is 11.9. The molecule has 0 aliphatic carbocycles. The molecule has 0 bridgehead atoms. The van der Waals surface area contributed by atoms with Crippen molar-refractivity contribution in [2.24, 2.45) is 0 Å². The van der Waals surface area contributed by atoms with Crippen LogP contribution >= 0.6 is 0 Å². The first kappa shape index (κ1) is 14.5. The lowest BCUT2D eigenvalue weighted by atomic mass is 10.0. The molecule has 3 heterocycles. The van der Waals surface area contributed by atoms with Gasteiger partial charge in [-0.05, 0) is 37.4 Å². The lowest BCUT2D eigenvalue weighted by Gasteiger charge is -2.30. The molecule has 0 unspecified atom stereocenters. The summed E-state index contributed by atoms with van der Waals surface area (Å²) >= 11 is 0. The molecule has 1 aromatic carbocycles. The Morgan fingerprint density at radius 3 is 2.87 bits per heavy atom. The number of fused-ring (bicyclic) bond motifs is 2. The van der Waals surface area contributed by atoms with E-state index in [2.05, 4.69) is 34.5 Å². The lowest BCUT2D eigenvalue weighted by molar-refractivity contribution is 0.390. The van der Waals surface area contributed by atoms with E-state index >= 15 is 0 Å². The molecule has 5 nitrogen and oxygen atoms in total. The maximum atomic E-state index is 5.58. The normalized spacial score (nSPS) is 17.2. The van der Waals surface area contributed by atoms with E-state index in [1.807, 2.05) is 0 Å². The van der Waals surface area contributed by atoms with E-state index in [0.29, 0.717) is 0 Å². The molecule has 23 heavy (non-hydrogen) atoms. The van der Waals surface area contributed by atoms with Crippen LogP contribution < -0.4 is 15.0 Å². The van der Waals surface area contributed by atoms with Crippen molar-refractivity contribution in [1.29, 1.82) is 0 Å². The van der Waals surface area contributed by atoms with Gasteiger partial charge in [0.05, 0.1) is 12.8 Å². The van der Waals surface area contributed by atoms with Gasteiger partial charge in [0.15, 0.2) is 0 Å². The molecule has 4 rings (SSSR count). The molecular weight excluding hydrogens is 288 g/mol. The van der Waals surface area contributed by atoms with Crippen molar-refractivity contribution in [3.05, 3.63) is 41.1 Å². The van der Waals surface area contributed by atoms with E-state index in [1.54, 1.807) is 7.11 Å². The van der Waals surface area contributed by atoms with Crippen LogP contribution in [0.25, 0.3) is 0 Å². The van der Waals surface area contributed by atoms with Gasteiger partial charge < -0.3 is 15.0 Å². The Kier molecular flexibility index (Phi) is 3.87. The van der Waals surface area contributed by atoms with Gasteiger partial charge >= 0.3 is 0 Å². The van der Waals surface area contributed by atoms with Crippen molar-refractivity contribution in [2.75, 3.05) is 31.6 Å². The van der Waals surface area contributed by atoms with Gasteiger partial charge in [0.1, 0.15) is 0 Å². The Morgan fingerprint density at radius 1 is 1.09 bits per heavy atom. The number of ether oxygens (including phenoxy) is 1. The summed E-state index contributed by atoms with van der Waals surface area (Å²) in [5.74, 6) is 1.51. The summed E-state index contributed by atoms with van der Waals surface area (Å²) < 4.78 is 5.58. The monoisotopic (exact) mass is 310 g/mol. The maximum absolute atomic E-state index is 5.58. The Bertz CT molecular complexity index is 716. The van der Waals surface area contributed by atoms with Crippen LogP contribution in [-0.2, 0) is 19.3 Å². The number of aromatic nitrogens is 2. The number of nitrogens with zero attached hydrogens (tertiary/aromatic N) is 3. The SMILES string of the molecule is COc1nc(N2CCCc3ccccc32)nc2c1CCNCC2. The topological polar surface area (TPSA) is 50.3 Å². The second kappa shape index (κ2) is 6.16. The van der Waals surface area contributed by atoms with Gasteiger partial charge in [-0.1, -0.05) is 18.2 Å². The summed E-state index contributed by atoms with van der Waals surface area (Å²) in [7, 11) is 1.70. The molecule has 0 radical (unpaired) electrons. The van der Waals surface area contributed by atoms with Gasteiger partial charge in [-0.3, -0.25) is 0 Å².